The number of ether oxygens (including phenoxy) is 2. The molecule has 12 heteroatoms. The molecule has 1 saturated heterocycles. The van der Waals surface area contributed by atoms with E-state index in [1.54, 1.807) is 0 Å². The maximum atomic E-state index is 12.6. The van der Waals surface area contributed by atoms with Gasteiger partial charge >= 0.3 is 6.09 Å². The van der Waals surface area contributed by atoms with Crippen molar-refractivity contribution in [3.8, 4) is 0 Å². The number of amides is 3. The van der Waals surface area contributed by atoms with E-state index in [0.717, 1.165) is 0 Å². The van der Waals surface area contributed by atoms with E-state index in [-0.39, 0.29) is 23.2 Å². The summed E-state index contributed by atoms with van der Waals surface area (Å²) in [5, 5.41) is 6.02. The second kappa shape index (κ2) is 9.51. The van der Waals surface area contributed by atoms with Gasteiger partial charge < -0.3 is 25.4 Å². The fraction of sp³-hybridized carbons (Fsp3) is 0.375. The average Bonchev–Trinajstić information content (AvgIpc) is 2.66. The third kappa shape index (κ3) is 4.42. The molecule has 2 heterocycles. The van der Waals surface area contributed by atoms with Crippen LogP contribution in [0.4, 0.5) is 4.79 Å². The fourth-order valence-electron chi connectivity index (χ4n) is 2.50. The van der Waals surface area contributed by atoms with E-state index in [1.807, 2.05) is 0 Å². The number of hydrogen-bond acceptors (Lipinski definition) is 8. The molecule has 0 saturated carbocycles. The first-order valence-corrected chi connectivity index (χ1v) is 9.31. The highest BCUT2D eigenvalue weighted by Gasteiger charge is 2.52. The van der Waals surface area contributed by atoms with Gasteiger partial charge in [-0.05, 0) is 6.08 Å². The zero-order chi connectivity index (χ0) is 20.8. The molecule has 0 radical (unpaired) electrons. The summed E-state index contributed by atoms with van der Waals surface area (Å²) in [5.74, 6) is -0.530. The number of methoxy groups -OCH3 is 1. The molecule has 2 rings (SSSR count). The van der Waals surface area contributed by atoms with Gasteiger partial charge in [-0.15, -0.1) is 11.8 Å². The monoisotopic (exact) mass is 430 g/mol. The third-order valence-corrected chi connectivity index (χ3v) is 5.56. The number of nitrogens with two attached hydrogens (primary N) is 1. The molecule has 0 aromatic heterocycles. The molecule has 0 spiro atoms. The van der Waals surface area contributed by atoms with Crippen LogP contribution in [0.5, 0.6) is 0 Å². The van der Waals surface area contributed by atoms with Crippen molar-refractivity contribution in [2.75, 3.05) is 26.6 Å². The van der Waals surface area contributed by atoms with Gasteiger partial charge in [-0.3, -0.25) is 14.5 Å². The topological polar surface area (TPSA) is 133 Å². The summed E-state index contributed by atoms with van der Waals surface area (Å²) in [4.78, 5) is 41.8. The van der Waals surface area contributed by atoms with Crippen LogP contribution >= 0.6 is 23.4 Å². The van der Waals surface area contributed by atoms with Gasteiger partial charge in [0.15, 0.2) is 5.76 Å². The summed E-state index contributed by atoms with van der Waals surface area (Å²) >= 11 is 7.59. The number of primary amides is 1. The quantitative estimate of drug-likeness (QED) is 0.144. The number of carbonyl (C=O) groups excluding carboxylic acids is 3. The largest absolute Gasteiger partial charge is 0.494 e. The number of thioether (sulfide) groups is 1. The van der Waals surface area contributed by atoms with Crippen LogP contribution < -0.4 is 11.1 Å². The Balaban J connectivity index is 2.11. The zero-order valence-corrected chi connectivity index (χ0v) is 16.7. The summed E-state index contributed by atoms with van der Waals surface area (Å²) in [7, 11) is 2.64. The van der Waals surface area contributed by atoms with Crippen LogP contribution in [0.1, 0.15) is 0 Å². The first kappa shape index (κ1) is 21.6. The van der Waals surface area contributed by atoms with Crippen molar-refractivity contribution in [3.63, 3.8) is 0 Å². The predicted molar refractivity (Wildman–Crippen MR) is 103 cm³/mol. The molecule has 152 valence electrons. The van der Waals surface area contributed by atoms with E-state index >= 15 is 0 Å². The molecule has 2 aliphatic rings. The van der Waals surface area contributed by atoms with Crippen LogP contribution in [0.2, 0.25) is 0 Å². The Labute approximate surface area is 170 Å². The molecular formula is C16H19ClN4O6S. The Morgan fingerprint density at radius 3 is 2.79 bits per heavy atom. The molecule has 2 unspecified atom stereocenters. The summed E-state index contributed by atoms with van der Waals surface area (Å²) < 4.78 is 9.83. The Kier molecular flexibility index (Phi) is 7.35. The molecule has 10 nitrogen and oxygen atoms in total. The Hall–Kier alpha value is -2.66. The summed E-state index contributed by atoms with van der Waals surface area (Å²) in [6.07, 6.45) is 1.92. The van der Waals surface area contributed by atoms with Crippen LogP contribution in [0.3, 0.4) is 0 Å². The minimum Gasteiger partial charge on any atom is -0.494 e. The van der Waals surface area contributed by atoms with Crippen molar-refractivity contribution in [1.29, 1.82) is 0 Å². The van der Waals surface area contributed by atoms with Crippen LogP contribution in [0, 0.1) is 0 Å². The van der Waals surface area contributed by atoms with Crippen LogP contribution in [0.25, 0.3) is 0 Å². The molecule has 0 aliphatic carbocycles. The number of halogens is 1. The lowest BCUT2D eigenvalue weighted by molar-refractivity contribution is -0.144. The second-order valence-electron chi connectivity index (χ2n) is 5.46. The molecule has 2 aliphatic heterocycles. The van der Waals surface area contributed by atoms with E-state index < -0.39 is 29.3 Å². The van der Waals surface area contributed by atoms with Gasteiger partial charge in [0.1, 0.15) is 30.3 Å². The lowest BCUT2D eigenvalue weighted by Gasteiger charge is -2.48. The summed E-state index contributed by atoms with van der Waals surface area (Å²) in [5.41, 5.74) is 5.35. The van der Waals surface area contributed by atoms with Gasteiger partial charge in [0, 0.05) is 11.3 Å². The first-order chi connectivity index (χ1) is 13.3. The minimum atomic E-state index is -0.935. The summed E-state index contributed by atoms with van der Waals surface area (Å²) in [6, 6.07) is -0.811. The maximum Gasteiger partial charge on any atom is 0.404 e. The SMILES string of the molecule is C=C/C=C(OC)/C(=N/OC)C(=O)NC1C(=O)N2C(Cl)=C(COC(N)=O)CSC12. The van der Waals surface area contributed by atoms with Crippen LogP contribution in [-0.4, -0.2) is 66.5 Å². The third-order valence-electron chi connectivity index (χ3n) is 3.77. The minimum absolute atomic E-state index is 0.108. The molecule has 0 bridgehead atoms. The molecule has 0 aromatic carbocycles. The Morgan fingerprint density at radius 1 is 1.50 bits per heavy atom. The molecule has 3 amide bonds. The summed E-state index contributed by atoms with van der Waals surface area (Å²) in [6.45, 7) is 3.43. The van der Waals surface area contributed by atoms with Gasteiger partial charge in [0.25, 0.3) is 11.8 Å². The highest BCUT2D eigenvalue weighted by atomic mass is 35.5. The van der Waals surface area contributed by atoms with Crippen molar-refractivity contribution >= 4 is 47.0 Å². The molecule has 28 heavy (non-hydrogen) atoms. The number of oxime groups is 1. The number of fused-ring (bicyclic) bond motifs is 1. The Morgan fingerprint density at radius 2 is 2.21 bits per heavy atom. The van der Waals surface area contributed by atoms with Gasteiger partial charge in [-0.2, -0.15) is 0 Å². The lowest BCUT2D eigenvalue weighted by atomic mass is 10.1. The number of rotatable bonds is 8. The molecule has 2 atom stereocenters. The van der Waals surface area contributed by atoms with E-state index in [9.17, 15) is 14.4 Å². The normalized spacial score (nSPS) is 22.1. The smallest absolute Gasteiger partial charge is 0.404 e. The number of carbonyl (C=O) groups is 3. The molecule has 0 aromatic rings. The van der Waals surface area contributed by atoms with E-state index in [0.29, 0.717) is 11.3 Å². The van der Waals surface area contributed by atoms with E-state index in [1.165, 1.54) is 43.0 Å². The van der Waals surface area contributed by atoms with Crippen molar-refractivity contribution in [2.45, 2.75) is 11.4 Å². The van der Waals surface area contributed by atoms with Crippen LogP contribution in [-0.2, 0) is 23.9 Å². The van der Waals surface area contributed by atoms with Crippen molar-refractivity contribution in [1.82, 2.24) is 10.2 Å². The van der Waals surface area contributed by atoms with Gasteiger partial charge in [0.2, 0.25) is 5.71 Å². The van der Waals surface area contributed by atoms with E-state index in [2.05, 4.69) is 21.9 Å². The molecule has 3 N–H and O–H groups in total. The standard InChI is InChI=1S/C16H19ClN4O6S/c1-4-5-9(25-2)10(20-26-3)13(22)19-11-14(23)21-12(17)8(6-27-16(18)24)7-28-15(11)21/h4-5,11,15H,1,6-7H2,2-3H3,(H2,18,24)(H,19,22)/b9-5-,20-10-. The van der Waals surface area contributed by atoms with Crippen molar-refractivity contribution in [2.24, 2.45) is 10.9 Å². The lowest BCUT2D eigenvalue weighted by Crippen LogP contribution is -2.70. The fourth-order valence-corrected chi connectivity index (χ4v) is 4.28. The predicted octanol–water partition coefficient (Wildman–Crippen LogP) is 0.651. The zero-order valence-electron chi connectivity index (χ0n) is 15.1. The number of hydrogen-bond donors (Lipinski definition) is 2. The van der Waals surface area contributed by atoms with Gasteiger partial charge in [-0.25, -0.2) is 4.79 Å². The average molecular weight is 431 g/mol. The number of allylic oxidation sites excluding steroid dienone is 2. The number of nitrogens with zero attached hydrogens (tertiary/aromatic N) is 2. The second-order valence-corrected chi connectivity index (χ2v) is 6.92. The molecule has 1 fully saturated rings. The van der Waals surface area contributed by atoms with Crippen molar-refractivity contribution in [3.05, 3.63) is 35.2 Å². The van der Waals surface area contributed by atoms with E-state index in [4.69, 9.17) is 26.8 Å². The first-order valence-electron chi connectivity index (χ1n) is 7.89. The van der Waals surface area contributed by atoms with Crippen molar-refractivity contribution < 1.29 is 28.7 Å². The number of nitrogens with one attached hydrogen (secondary N) is 1. The Bertz CT molecular complexity index is 781. The highest BCUT2D eigenvalue weighted by Crippen LogP contribution is 2.41. The highest BCUT2D eigenvalue weighted by molar-refractivity contribution is 8.00. The van der Waals surface area contributed by atoms with Gasteiger partial charge in [-0.1, -0.05) is 29.4 Å². The number of β-lactam (4-membered cyclic amide) rings is 1. The van der Waals surface area contributed by atoms with Crippen LogP contribution in [0.15, 0.2) is 40.4 Å². The van der Waals surface area contributed by atoms with Gasteiger partial charge in [0.05, 0.1) is 7.11 Å². The molecular weight excluding hydrogens is 412 g/mol. The maximum absolute atomic E-state index is 12.6.